The Labute approximate surface area is 218 Å². The van der Waals surface area contributed by atoms with Gasteiger partial charge in [0.2, 0.25) is 5.95 Å². The molecule has 1 aromatic carbocycles. The summed E-state index contributed by atoms with van der Waals surface area (Å²) in [6.45, 7) is 2.50. The third-order valence-electron chi connectivity index (χ3n) is 8.52. The highest BCUT2D eigenvalue weighted by molar-refractivity contribution is 5.84. The molecule has 2 saturated carbocycles. The summed E-state index contributed by atoms with van der Waals surface area (Å²) in [4.78, 5) is 17.0. The van der Waals surface area contributed by atoms with Crippen LogP contribution in [-0.2, 0) is 6.54 Å². The molecule has 3 heterocycles. The fourth-order valence-corrected chi connectivity index (χ4v) is 6.27. The predicted molar refractivity (Wildman–Crippen MR) is 145 cm³/mol. The Morgan fingerprint density at radius 1 is 0.892 bits per heavy atom. The highest BCUT2D eigenvalue weighted by Gasteiger charge is 2.26. The van der Waals surface area contributed by atoms with Crippen LogP contribution < -0.4 is 16.4 Å². The molecule has 2 aromatic heterocycles. The van der Waals surface area contributed by atoms with Crippen molar-refractivity contribution in [1.29, 1.82) is 0 Å². The number of hydrogen-bond acceptors (Lipinski definition) is 7. The fourth-order valence-electron chi connectivity index (χ4n) is 6.27. The van der Waals surface area contributed by atoms with Crippen molar-refractivity contribution >= 4 is 22.9 Å². The molecule has 0 bridgehead atoms. The van der Waals surface area contributed by atoms with Gasteiger partial charge in [-0.05, 0) is 57.4 Å². The Kier molecular flexibility index (Phi) is 7.24. The van der Waals surface area contributed by atoms with Crippen molar-refractivity contribution in [2.75, 3.05) is 23.7 Å². The van der Waals surface area contributed by atoms with Crippen LogP contribution >= 0.6 is 0 Å². The number of halogens is 1. The summed E-state index contributed by atoms with van der Waals surface area (Å²) in [5.41, 5.74) is 8.68. The minimum absolute atomic E-state index is 0.121. The molecule has 4 N–H and O–H groups in total. The van der Waals surface area contributed by atoms with E-state index in [0.717, 1.165) is 74.2 Å². The zero-order chi connectivity index (χ0) is 25.2. The second kappa shape index (κ2) is 10.9. The lowest BCUT2D eigenvalue weighted by atomic mass is 9.92. The van der Waals surface area contributed by atoms with Gasteiger partial charge in [0.15, 0.2) is 17.0 Å². The van der Waals surface area contributed by atoms with Crippen LogP contribution in [0, 0.1) is 5.82 Å². The molecular weight excluding hydrogens is 467 g/mol. The quantitative estimate of drug-likeness (QED) is 0.422. The smallest absolute Gasteiger partial charge is 0.227 e. The lowest BCUT2D eigenvalue weighted by molar-refractivity contribution is 0.209. The maximum absolute atomic E-state index is 14.1. The van der Waals surface area contributed by atoms with E-state index in [1.165, 1.54) is 25.7 Å². The normalized spacial score (nSPS) is 24.1. The molecule has 3 aromatic rings. The second-order valence-corrected chi connectivity index (χ2v) is 11.2. The van der Waals surface area contributed by atoms with Gasteiger partial charge in [0, 0.05) is 49.4 Å². The van der Waals surface area contributed by atoms with Crippen molar-refractivity contribution in [3.63, 3.8) is 0 Å². The summed E-state index contributed by atoms with van der Waals surface area (Å²) >= 11 is 0. The van der Waals surface area contributed by atoms with Gasteiger partial charge in [-0.25, -0.2) is 9.37 Å². The van der Waals surface area contributed by atoms with Crippen molar-refractivity contribution in [2.24, 2.45) is 5.73 Å². The van der Waals surface area contributed by atoms with Crippen molar-refractivity contribution in [3.05, 3.63) is 42.0 Å². The van der Waals surface area contributed by atoms with Crippen molar-refractivity contribution < 1.29 is 4.39 Å². The molecule has 198 valence electrons. The van der Waals surface area contributed by atoms with Gasteiger partial charge in [-0.15, -0.1) is 0 Å². The number of fused-ring (bicyclic) bond motifs is 1. The highest BCUT2D eigenvalue weighted by Crippen LogP contribution is 2.34. The third-order valence-corrected chi connectivity index (χ3v) is 8.52. The highest BCUT2D eigenvalue weighted by atomic mass is 19.1. The Hall–Kier alpha value is -2.78. The molecule has 3 aliphatic rings. The summed E-state index contributed by atoms with van der Waals surface area (Å²) in [6.07, 6.45) is 13.0. The van der Waals surface area contributed by atoms with E-state index in [1.807, 2.05) is 18.5 Å². The van der Waals surface area contributed by atoms with Crippen LogP contribution in [0.5, 0.6) is 0 Å². The number of benzene rings is 1. The Bertz CT molecular complexity index is 1190. The van der Waals surface area contributed by atoms with Crippen LogP contribution in [0.4, 0.5) is 16.2 Å². The number of anilines is 2. The van der Waals surface area contributed by atoms with Gasteiger partial charge >= 0.3 is 0 Å². The number of nitrogens with one attached hydrogen (secondary N) is 2. The molecule has 0 radical (unpaired) electrons. The van der Waals surface area contributed by atoms with Crippen LogP contribution in [-0.4, -0.2) is 55.6 Å². The molecular formula is C28H39FN8. The number of likely N-dealkylation sites (tertiary alicyclic amines) is 1. The topological polar surface area (TPSA) is 96.9 Å². The molecule has 37 heavy (non-hydrogen) atoms. The first-order chi connectivity index (χ1) is 18.1. The van der Waals surface area contributed by atoms with Gasteiger partial charge in [-0.1, -0.05) is 31.0 Å². The van der Waals surface area contributed by atoms with E-state index in [4.69, 9.17) is 20.7 Å². The molecule has 1 saturated heterocycles. The van der Waals surface area contributed by atoms with Crippen molar-refractivity contribution in [1.82, 2.24) is 24.4 Å². The molecule has 6 rings (SSSR count). The van der Waals surface area contributed by atoms with E-state index in [9.17, 15) is 4.39 Å². The van der Waals surface area contributed by atoms with Crippen LogP contribution in [0.3, 0.4) is 0 Å². The summed E-state index contributed by atoms with van der Waals surface area (Å²) in [5, 5.41) is 7.34. The number of rotatable bonds is 7. The first kappa shape index (κ1) is 24.6. The number of hydrogen-bond donors (Lipinski definition) is 3. The standard InChI is InChI=1S/C28H39FN8/c29-24-8-4-1-5-19(24)17-36-15-13-22(14-16-36)32-26-25-27(37(18-31-25)23-6-2-3-7-23)35-28(34-26)33-21-11-9-20(30)10-12-21/h1,4-5,8,18,20-23H,2-3,6-7,9-17,30H2,(H2,32,33,34,35). The zero-order valence-corrected chi connectivity index (χ0v) is 21.6. The van der Waals surface area contributed by atoms with Gasteiger partial charge in [0.1, 0.15) is 5.82 Å². The Morgan fingerprint density at radius 2 is 1.62 bits per heavy atom. The minimum Gasteiger partial charge on any atom is -0.365 e. The molecule has 0 atom stereocenters. The van der Waals surface area contributed by atoms with Crippen LogP contribution in [0.25, 0.3) is 11.2 Å². The first-order valence-electron chi connectivity index (χ1n) is 14.1. The summed E-state index contributed by atoms with van der Waals surface area (Å²) in [7, 11) is 0. The average molecular weight is 507 g/mol. The van der Waals surface area contributed by atoms with E-state index in [1.54, 1.807) is 12.1 Å². The molecule has 0 spiro atoms. The monoisotopic (exact) mass is 506 g/mol. The predicted octanol–water partition coefficient (Wildman–Crippen LogP) is 4.84. The Morgan fingerprint density at radius 3 is 2.38 bits per heavy atom. The van der Waals surface area contributed by atoms with Crippen LogP contribution in [0.15, 0.2) is 30.6 Å². The molecule has 3 fully saturated rings. The largest absolute Gasteiger partial charge is 0.365 e. The summed E-state index contributed by atoms with van der Waals surface area (Å²) in [5.74, 6) is 1.39. The fraction of sp³-hybridized carbons (Fsp3) is 0.607. The SMILES string of the molecule is NC1CCC(Nc2nc(NC3CCN(Cc4ccccc4F)CC3)c3ncn(C4CCCC4)c3n2)CC1. The van der Waals surface area contributed by atoms with Gasteiger partial charge in [0.25, 0.3) is 0 Å². The Balaban J connectivity index is 1.18. The van der Waals surface area contributed by atoms with E-state index in [0.29, 0.717) is 36.7 Å². The maximum Gasteiger partial charge on any atom is 0.227 e. The van der Waals surface area contributed by atoms with E-state index < -0.39 is 0 Å². The second-order valence-electron chi connectivity index (χ2n) is 11.2. The molecule has 0 unspecified atom stereocenters. The number of imidazole rings is 1. The van der Waals surface area contributed by atoms with Gasteiger partial charge in [-0.3, -0.25) is 4.90 Å². The first-order valence-corrected chi connectivity index (χ1v) is 14.1. The van der Waals surface area contributed by atoms with Crippen molar-refractivity contribution in [3.8, 4) is 0 Å². The van der Waals surface area contributed by atoms with E-state index >= 15 is 0 Å². The van der Waals surface area contributed by atoms with Gasteiger partial charge in [-0.2, -0.15) is 9.97 Å². The minimum atomic E-state index is -0.121. The lowest BCUT2D eigenvalue weighted by Gasteiger charge is -2.32. The molecule has 2 aliphatic carbocycles. The molecule has 8 nitrogen and oxygen atoms in total. The maximum atomic E-state index is 14.1. The number of nitrogens with zero attached hydrogens (tertiary/aromatic N) is 5. The summed E-state index contributed by atoms with van der Waals surface area (Å²) in [6, 6.07) is 8.51. The number of nitrogens with two attached hydrogens (primary N) is 1. The lowest BCUT2D eigenvalue weighted by Crippen LogP contribution is -2.39. The third kappa shape index (κ3) is 5.57. The van der Waals surface area contributed by atoms with Crippen molar-refractivity contribution in [2.45, 2.75) is 94.9 Å². The molecule has 1 aliphatic heterocycles. The zero-order valence-electron chi connectivity index (χ0n) is 21.6. The average Bonchev–Trinajstić information content (AvgIpc) is 3.58. The van der Waals surface area contributed by atoms with Crippen LogP contribution in [0.1, 0.15) is 75.8 Å². The number of aromatic nitrogens is 4. The van der Waals surface area contributed by atoms with E-state index in [2.05, 4.69) is 20.1 Å². The summed E-state index contributed by atoms with van der Waals surface area (Å²) < 4.78 is 16.4. The number of piperidine rings is 1. The van der Waals surface area contributed by atoms with Gasteiger partial charge < -0.3 is 20.9 Å². The van der Waals surface area contributed by atoms with E-state index in [-0.39, 0.29) is 5.82 Å². The molecule has 0 amide bonds. The van der Waals surface area contributed by atoms with Crippen LogP contribution in [0.2, 0.25) is 0 Å². The molecule has 9 heteroatoms. The van der Waals surface area contributed by atoms with Gasteiger partial charge in [0.05, 0.1) is 6.33 Å².